The van der Waals surface area contributed by atoms with Crippen molar-refractivity contribution in [1.29, 1.82) is 0 Å². The molecule has 2 aromatic carbocycles. The SMILES string of the molecule is COc1ccc(Br)cc1Cc1c(CN2CCCCC2CCOc2c(OC)ccc(N(C=O)CCC(C)C)c2Cl)nc2ccccn12. The number of methoxy groups -OCH3 is 2. The number of amides is 1. The molecular weight excluding hydrogens is 668 g/mol. The number of rotatable bonds is 15. The van der Waals surface area contributed by atoms with Crippen molar-refractivity contribution in [3.63, 3.8) is 0 Å². The van der Waals surface area contributed by atoms with E-state index in [-0.39, 0.29) is 0 Å². The molecule has 1 atom stereocenters. The van der Waals surface area contributed by atoms with Gasteiger partial charge < -0.3 is 23.5 Å². The van der Waals surface area contributed by atoms with Crippen LogP contribution in [0.15, 0.2) is 59.2 Å². The molecule has 2 aromatic heterocycles. The maximum absolute atomic E-state index is 11.9. The van der Waals surface area contributed by atoms with Crippen LogP contribution in [0.2, 0.25) is 5.02 Å². The van der Waals surface area contributed by atoms with E-state index in [0.29, 0.717) is 53.7 Å². The number of hydrogen-bond acceptors (Lipinski definition) is 6. The van der Waals surface area contributed by atoms with Gasteiger partial charge in [-0.2, -0.15) is 0 Å². The Balaban J connectivity index is 1.33. The van der Waals surface area contributed by atoms with Gasteiger partial charge in [-0.25, -0.2) is 4.98 Å². The van der Waals surface area contributed by atoms with Gasteiger partial charge in [-0.3, -0.25) is 9.69 Å². The Morgan fingerprint density at radius 2 is 1.91 bits per heavy atom. The number of carbonyl (C=O) groups is 1. The van der Waals surface area contributed by atoms with Gasteiger partial charge in [0.25, 0.3) is 0 Å². The summed E-state index contributed by atoms with van der Waals surface area (Å²) in [6.07, 6.45) is 8.75. The van der Waals surface area contributed by atoms with Crippen molar-refractivity contribution in [3.8, 4) is 17.2 Å². The molecule has 8 nitrogen and oxygen atoms in total. The molecule has 0 saturated carbocycles. The fourth-order valence-electron chi connectivity index (χ4n) is 6.23. The highest BCUT2D eigenvalue weighted by molar-refractivity contribution is 9.10. The molecule has 0 N–H and O–H groups in total. The number of piperidine rings is 1. The molecule has 46 heavy (non-hydrogen) atoms. The summed E-state index contributed by atoms with van der Waals surface area (Å²) < 4.78 is 20.9. The Labute approximate surface area is 285 Å². The van der Waals surface area contributed by atoms with Crippen LogP contribution in [0.3, 0.4) is 0 Å². The molecule has 3 heterocycles. The normalized spacial score (nSPS) is 15.3. The van der Waals surface area contributed by atoms with E-state index in [1.54, 1.807) is 19.1 Å². The van der Waals surface area contributed by atoms with Crippen molar-refractivity contribution in [3.05, 3.63) is 81.2 Å². The predicted octanol–water partition coefficient (Wildman–Crippen LogP) is 8.19. The van der Waals surface area contributed by atoms with E-state index in [2.05, 4.69) is 57.4 Å². The van der Waals surface area contributed by atoms with Crippen LogP contribution in [0.25, 0.3) is 5.65 Å². The van der Waals surface area contributed by atoms with Crippen LogP contribution in [0.1, 0.15) is 62.9 Å². The number of benzene rings is 2. The molecule has 1 aliphatic rings. The van der Waals surface area contributed by atoms with Gasteiger partial charge in [0.1, 0.15) is 16.4 Å². The van der Waals surface area contributed by atoms with E-state index >= 15 is 0 Å². The zero-order chi connectivity index (χ0) is 32.6. The molecule has 1 amide bonds. The van der Waals surface area contributed by atoms with Gasteiger partial charge in [0.2, 0.25) is 6.41 Å². The van der Waals surface area contributed by atoms with Crippen molar-refractivity contribution in [1.82, 2.24) is 14.3 Å². The second-order valence-corrected chi connectivity index (χ2v) is 13.5. The van der Waals surface area contributed by atoms with Crippen molar-refractivity contribution < 1.29 is 19.0 Å². The molecule has 0 spiro atoms. The van der Waals surface area contributed by atoms with E-state index in [1.807, 2.05) is 36.4 Å². The summed E-state index contributed by atoms with van der Waals surface area (Å²) >= 11 is 10.5. The first-order chi connectivity index (χ1) is 22.3. The summed E-state index contributed by atoms with van der Waals surface area (Å²) in [4.78, 5) is 21.2. The van der Waals surface area contributed by atoms with Gasteiger partial charge in [-0.1, -0.05) is 53.9 Å². The first kappa shape index (κ1) is 34.1. The van der Waals surface area contributed by atoms with E-state index in [1.165, 1.54) is 6.42 Å². The first-order valence-electron chi connectivity index (χ1n) is 16.1. The van der Waals surface area contributed by atoms with E-state index in [9.17, 15) is 4.79 Å². The molecule has 4 aromatic rings. The number of likely N-dealkylation sites (tertiary alicyclic amines) is 1. The molecule has 1 saturated heterocycles. The lowest BCUT2D eigenvalue weighted by Gasteiger charge is -2.35. The average molecular weight is 712 g/mol. The standard InChI is InChI=1S/C36H44BrClN4O4/c1-25(2)15-19-41(24-43)30-12-14-33(45-4)36(35(30)38)46-20-16-28-9-5-7-17-40(28)23-29-31(42-18-8-6-10-34(42)39-29)22-26-21-27(37)11-13-32(26)44-3/h6,8,10-14,18,21,24-25,28H,5,7,9,15-17,19-20,22-23H2,1-4H3. The second kappa shape index (κ2) is 16.0. The van der Waals surface area contributed by atoms with Gasteiger partial charge >= 0.3 is 0 Å². The zero-order valence-electron chi connectivity index (χ0n) is 27.2. The number of halogens is 2. The maximum Gasteiger partial charge on any atom is 0.214 e. The summed E-state index contributed by atoms with van der Waals surface area (Å²) in [6, 6.07) is 16.2. The molecule has 10 heteroatoms. The summed E-state index contributed by atoms with van der Waals surface area (Å²) in [5.41, 5.74) is 4.93. The third kappa shape index (κ3) is 7.99. The first-order valence-corrected chi connectivity index (χ1v) is 17.2. The number of nitrogens with zero attached hydrogens (tertiary/aromatic N) is 4. The van der Waals surface area contributed by atoms with Crippen LogP contribution in [-0.2, 0) is 17.8 Å². The Morgan fingerprint density at radius 1 is 1.11 bits per heavy atom. The minimum atomic E-state index is 0.331. The summed E-state index contributed by atoms with van der Waals surface area (Å²) in [7, 11) is 3.32. The Bertz CT molecular complexity index is 1630. The smallest absolute Gasteiger partial charge is 0.214 e. The fourth-order valence-corrected chi connectivity index (χ4v) is 6.96. The number of hydrogen-bond donors (Lipinski definition) is 0. The van der Waals surface area contributed by atoms with Crippen LogP contribution in [0.5, 0.6) is 17.2 Å². The average Bonchev–Trinajstić information content (AvgIpc) is 3.39. The number of ether oxygens (including phenoxy) is 3. The molecule has 1 unspecified atom stereocenters. The lowest BCUT2D eigenvalue weighted by Crippen LogP contribution is -2.40. The quantitative estimate of drug-likeness (QED) is 0.116. The van der Waals surface area contributed by atoms with E-state index in [0.717, 1.165) is 78.0 Å². The van der Waals surface area contributed by atoms with E-state index in [4.69, 9.17) is 30.8 Å². The summed E-state index contributed by atoms with van der Waals surface area (Å²) in [5, 5.41) is 0.396. The van der Waals surface area contributed by atoms with Crippen molar-refractivity contribution >= 4 is 45.3 Å². The Morgan fingerprint density at radius 3 is 2.67 bits per heavy atom. The molecular formula is C36H44BrClN4O4. The van der Waals surface area contributed by atoms with Crippen LogP contribution in [0, 0.1) is 5.92 Å². The third-order valence-corrected chi connectivity index (χ3v) is 9.61. The van der Waals surface area contributed by atoms with Crippen LogP contribution in [0.4, 0.5) is 5.69 Å². The highest BCUT2D eigenvalue weighted by atomic mass is 79.9. The van der Waals surface area contributed by atoms with Gasteiger partial charge in [-0.15, -0.1) is 0 Å². The number of imidazole rings is 1. The monoisotopic (exact) mass is 710 g/mol. The maximum atomic E-state index is 11.9. The third-order valence-electron chi connectivity index (χ3n) is 8.76. The second-order valence-electron chi connectivity index (χ2n) is 12.2. The topological polar surface area (TPSA) is 68.5 Å². The minimum absolute atomic E-state index is 0.331. The summed E-state index contributed by atoms with van der Waals surface area (Å²) in [5.74, 6) is 2.36. The van der Waals surface area contributed by atoms with Crippen LogP contribution < -0.4 is 19.1 Å². The lowest BCUT2D eigenvalue weighted by atomic mass is 9.99. The fraction of sp³-hybridized carbons (Fsp3) is 0.444. The highest BCUT2D eigenvalue weighted by Gasteiger charge is 2.26. The molecule has 1 fully saturated rings. The van der Waals surface area contributed by atoms with Crippen molar-refractivity contribution in [2.75, 3.05) is 38.8 Å². The molecule has 0 bridgehead atoms. The van der Waals surface area contributed by atoms with Crippen LogP contribution >= 0.6 is 27.5 Å². The molecule has 246 valence electrons. The van der Waals surface area contributed by atoms with Crippen molar-refractivity contribution in [2.45, 2.75) is 65.0 Å². The molecule has 1 aliphatic heterocycles. The molecule has 0 aliphatic carbocycles. The number of fused-ring (bicyclic) bond motifs is 1. The van der Waals surface area contributed by atoms with Gasteiger partial charge in [-0.05, 0) is 80.6 Å². The molecule has 5 rings (SSSR count). The largest absolute Gasteiger partial charge is 0.496 e. The minimum Gasteiger partial charge on any atom is -0.496 e. The Kier molecular flexibility index (Phi) is 11.9. The number of carbonyl (C=O) groups excluding carboxylic acids is 1. The lowest BCUT2D eigenvalue weighted by molar-refractivity contribution is -0.107. The predicted molar refractivity (Wildman–Crippen MR) is 188 cm³/mol. The number of aromatic nitrogens is 2. The van der Waals surface area contributed by atoms with Gasteiger partial charge in [0, 0.05) is 41.8 Å². The van der Waals surface area contributed by atoms with Gasteiger partial charge in [0.05, 0.1) is 37.9 Å². The zero-order valence-corrected chi connectivity index (χ0v) is 29.5. The number of anilines is 1. The Hall–Kier alpha value is -3.27. The highest BCUT2D eigenvalue weighted by Crippen LogP contribution is 2.42. The van der Waals surface area contributed by atoms with E-state index < -0.39 is 0 Å². The van der Waals surface area contributed by atoms with Crippen LogP contribution in [-0.4, -0.2) is 60.7 Å². The summed E-state index contributed by atoms with van der Waals surface area (Å²) in [6.45, 7) is 7.09. The molecule has 0 radical (unpaired) electrons. The number of pyridine rings is 1. The van der Waals surface area contributed by atoms with Gasteiger partial charge in [0.15, 0.2) is 11.5 Å². The van der Waals surface area contributed by atoms with Crippen molar-refractivity contribution in [2.24, 2.45) is 5.92 Å².